The van der Waals surface area contributed by atoms with Gasteiger partial charge in [-0.3, -0.25) is 9.78 Å². The number of nitrogens with zero attached hydrogens (tertiary/aromatic N) is 1. The number of rotatable bonds is 2. The Morgan fingerprint density at radius 1 is 1.08 bits per heavy atom. The number of carbonyl (C=O) groups excluding carboxylic acids is 2. The summed E-state index contributed by atoms with van der Waals surface area (Å²) in [5, 5.41) is 3.11. The van der Waals surface area contributed by atoms with Crippen LogP contribution in [-0.2, 0) is 12.4 Å². The summed E-state index contributed by atoms with van der Waals surface area (Å²) in [6.45, 7) is 8.34. The van der Waals surface area contributed by atoms with E-state index in [1.54, 1.807) is 6.07 Å². The Balaban J connectivity index is 0. The quantitative estimate of drug-likeness (QED) is 0.662. The summed E-state index contributed by atoms with van der Waals surface area (Å²) in [6.07, 6.45) is 3.39. The smallest absolute Gasteiger partial charge is 0.497 e. The molecule has 0 aromatic carbocycles. The normalized spacial score (nSPS) is 12.1. The zero-order chi connectivity index (χ0) is 18.3. The Kier molecular flexibility index (Phi) is 17.9. The second kappa shape index (κ2) is 15.5. The number of aryl methyl sites for hydroxylation is 2. The fourth-order valence-electron chi connectivity index (χ4n) is 1.85. The van der Waals surface area contributed by atoms with Crippen molar-refractivity contribution >= 4 is 148 Å². The van der Waals surface area contributed by atoms with Crippen molar-refractivity contribution < 1.29 is 17.2 Å². The first-order valence-electron chi connectivity index (χ1n) is 7.28. The Bertz CT molecular complexity index is 709. The molecule has 1 aromatic heterocycles. The van der Waals surface area contributed by atoms with Crippen LogP contribution in [0.25, 0.3) is 0 Å². The van der Waals surface area contributed by atoms with Gasteiger partial charge in [-0.2, -0.15) is 0 Å². The van der Waals surface area contributed by atoms with Gasteiger partial charge in [0.05, 0.1) is 11.1 Å². The van der Waals surface area contributed by atoms with Crippen LogP contribution in [0.1, 0.15) is 35.5 Å². The number of dihydropyridines is 1. The summed E-state index contributed by atoms with van der Waals surface area (Å²) >= 11 is 2.38. The van der Waals surface area contributed by atoms with E-state index in [0.29, 0.717) is 17.7 Å². The molecule has 1 aliphatic rings. The van der Waals surface area contributed by atoms with Crippen LogP contribution >= 0.6 is 0 Å². The molecule has 1 N–H and O–H groups in total. The number of aromatic nitrogens is 1. The van der Waals surface area contributed by atoms with Crippen LogP contribution in [0.4, 0.5) is 0 Å². The Morgan fingerprint density at radius 2 is 1.65 bits per heavy atom. The van der Waals surface area contributed by atoms with Crippen LogP contribution < -0.4 is 5.32 Å². The van der Waals surface area contributed by atoms with Gasteiger partial charge in [0, 0.05) is 127 Å². The minimum Gasteiger partial charge on any atom is -0.621 e. The SMILES string of the molecule is CC1=C(C)NCC(C(=O)[O][AlH])=C1.Cc1cc(C(=O)[O][AlH])cnc1C.[K].[K]. The van der Waals surface area contributed by atoms with Gasteiger partial charge in [-0.15, -0.1) is 0 Å². The number of pyridine rings is 1. The van der Waals surface area contributed by atoms with E-state index in [0.717, 1.165) is 22.5 Å². The van der Waals surface area contributed by atoms with E-state index in [4.69, 9.17) is 0 Å². The van der Waals surface area contributed by atoms with Crippen molar-refractivity contribution in [3.05, 3.63) is 52.0 Å². The summed E-state index contributed by atoms with van der Waals surface area (Å²) in [7, 11) is 0. The monoisotopic (exact) mass is 436 g/mol. The standard InChI is InChI=1S/C8H11NO2.C8H9NO2.2Al.2K.2H/c2*1-5-3-7(8(10)11)4-9-6(5)2;;;;;;/h3,9H,4H2,1-2H3,(H,10,11);3-4H,1-2H3,(H,10,11);;;;;;/q;;2*+1;;;;/p-2. The molecule has 0 unspecified atom stereocenters. The van der Waals surface area contributed by atoms with Gasteiger partial charge in [0.2, 0.25) is 0 Å². The minimum atomic E-state index is -0.330. The van der Waals surface area contributed by atoms with Crippen LogP contribution in [-0.4, -0.2) is 159 Å². The van der Waals surface area contributed by atoms with Gasteiger partial charge in [-0.05, 0) is 51.0 Å². The summed E-state index contributed by atoms with van der Waals surface area (Å²) < 4.78 is 9.21. The van der Waals surface area contributed by atoms with Crippen molar-refractivity contribution in [2.75, 3.05) is 6.54 Å². The van der Waals surface area contributed by atoms with Crippen molar-refractivity contribution in [1.29, 1.82) is 0 Å². The minimum absolute atomic E-state index is 0. The predicted molar refractivity (Wildman–Crippen MR) is 105 cm³/mol. The van der Waals surface area contributed by atoms with Crippen LogP contribution in [0.15, 0.2) is 35.2 Å². The van der Waals surface area contributed by atoms with Gasteiger partial charge in [-0.25, -0.2) is 4.79 Å². The molecule has 0 bridgehead atoms. The summed E-state index contributed by atoms with van der Waals surface area (Å²) in [5.74, 6) is -0.573. The van der Waals surface area contributed by atoms with E-state index in [2.05, 4.69) is 17.9 Å². The second-order valence-corrected chi connectivity index (χ2v) is 5.90. The first kappa shape index (κ1) is 29.9. The average Bonchev–Trinajstić information content (AvgIpc) is 2.58. The van der Waals surface area contributed by atoms with Gasteiger partial charge in [0.15, 0.2) is 0 Å². The van der Waals surface area contributed by atoms with Gasteiger partial charge in [-0.1, -0.05) is 0 Å². The Labute approximate surface area is 256 Å². The molecule has 2 heterocycles. The number of hydrogen-bond acceptors (Lipinski definition) is 6. The molecular formula is C16H20Al2K2N2O4. The molecule has 2 rings (SSSR count). The fourth-order valence-corrected chi connectivity index (χ4v) is 2.20. The summed E-state index contributed by atoms with van der Waals surface area (Å²) in [6, 6.07) is 1.78. The fraction of sp³-hybridized carbons (Fsp3) is 0.312. The first-order valence-corrected chi connectivity index (χ1v) is 8.43. The molecule has 0 atom stereocenters. The second-order valence-electron chi connectivity index (χ2n) is 5.32. The van der Waals surface area contributed by atoms with Crippen molar-refractivity contribution in [2.45, 2.75) is 27.7 Å². The Hall–Kier alpha value is 1.71. The van der Waals surface area contributed by atoms with E-state index >= 15 is 0 Å². The van der Waals surface area contributed by atoms with Crippen molar-refractivity contribution in [2.24, 2.45) is 0 Å². The molecule has 0 saturated heterocycles. The third kappa shape index (κ3) is 9.95. The maximum absolute atomic E-state index is 11.1. The third-order valence-corrected chi connectivity index (χ3v) is 4.15. The van der Waals surface area contributed by atoms with Crippen LogP contribution in [0, 0.1) is 13.8 Å². The molecular weight excluding hydrogens is 416 g/mol. The number of nitrogens with one attached hydrogen (secondary N) is 1. The zero-order valence-electron chi connectivity index (χ0n) is 16.4. The summed E-state index contributed by atoms with van der Waals surface area (Å²) in [4.78, 5) is 26.1. The molecule has 0 aliphatic carbocycles. The topological polar surface area (TPSA) is 77.5 Å². The van der Waals surface area contributed by atoms with E-state index < -0.39 is 0 Å². The van der Waals surface area contributed by atoms with E-state index in [1.807, 2.05) is 33.8 Å². The largest absolute Gasteiger partial charge is 0.621 e. The van der Waals surface area contributed by atoms with Gasteiger partial charge in [0.1, 0.15) is 0 Å². The van der Waals surface area contributed by atoms with E-state index in [-0.39, 0.29) is 115 Å². The first-order chi connectivity index (χ1) is 11.3. The Morgan fingerprint density at radius 3 is 2.12 bits per heavy atom. The summed E-state index contributed by atoms with van der Waals surface area (Å²) in [5.41, 5.74) is 5.34. The predicted octanol–water partition coefficient (Wildman–Crippen LogP) is 0.0783. The van der Waals surface area contributed by atoms with E-state index in [9.17, 15) is 9.59 Å². The number of hydrogen-bond donors (Lipinski definition) is 1. The molecule has 0 saturated carbocycles. The van der Waals surface area contributed by atoms with E-state index in [1.165, 1.54) is 39.4 Å². The van der Waals surface area contributed by atoms with Crippen molar-refractivity contribution in [3.63, 3.8) is 0 Å². The maximum atomic E-state index is 11.1. The van der Waals surface area contributed by atoms with Gasteiger partial charge in [0.25, 0.3) is 5.97 Å². The molecule has 1 aliphatic heterocycles. The molecule has 6 nitrogen and oxygen atoms in total. The van der Waals surface area contributed by atoms with Gasteiger partial charge >= 0.3 is 39.2 Å². The molecule has 26 heavy (non-hydrogen) atoms. The molecule has 1 aromatic rings. The average molecular weight is 437 g/mol. The molecule has 4 radical (unpaired) electrons. The number of carbonyl (C=O) groups is 2. The zero-order valence-corrected chi connectivity index (χ0v) is 25.5. The maximum Gasteiger partial charge on any atom is 0.497 e. The molecule has 126 valence electrons. The van der Waals surface area contributed by atoms with Crippen LogP contribution in [0.3, 0.4) is 0 Å². The van der Waals surface area contributed by atoms with Crippen LogP contribution in [0.2, 0.25) is 0 Å². The molecule has 0 spiro atoms. The van der Waals surface area contributed by atoms with Crippen molar-refractivity contribution in [1.82, 2.24) is 10.3 Å². The third-order valence-electron chi connectivity index (χ3n) is 3.63. The van der Waals surface area contributed by atoms with Crippen molar-refractivity contribution in [3.8, 4) is 0 Å². The molecule has 0 amide bonds. The number of allylic oxidation sites excluding steroid dienone is 3. The molecule has 10 heteroatoms. The molecule has 0 fully saturated rings. The van der Waals surface area contributed by atoms with Crippen LogP contribution in [0.5, 0.6) is 0 Å². The van der Waals surface area contributed by atoms with Gasteiger partial charge < -0.3 is 12.9 Å².